The van der Waals surface area contributed by atoms with Crippen LogP contribution >= 0.6 is 15.9 Å². The zero-order valence-electron chi connectivity index (χ0n) is 17.0. The molecular weight excluding hydrogens is 454 g/mol. The number of hydrogen-bond acceptors (Lipinski definition) is 6. The van der Waals surface area contributed by atoms with E-state index in [0.717, 1.165) is 5.56 Å². The van der Waals surface area contributed by atoms with E-state index in [2.05, 4.69) is 31.8 Å². The van der Waals surface area contributed by atoms with Gasteiger partial charge in [0, 0.05) is 18.1 Å². The van der Waals surface area contributed by atoms with E-state index in [1.165, 1.54) is 13.3 Å². The molecule has 0 aromatic heterocycles. The molecule has 0 saturated carbocycles. The van der Waals surface area contributed by atoms with Crippen LogP contribution in [-0.2, 0) is 16.0 Å². The minimum atomic E-state index is -0.854. The van der Waals surface area contributed by atoms with E-state index in [-0.39, 0.29) is 6.61 Å². The summed E-state index contributed by atoms with van der Waals surface area (Å²) in [4.78, 5) is 24.5. The highest BCUT2D eigenvalue weighted by Crippen LogP contribution is 2.31. The minimum absolute atomic E-state index is 0.204. The molecule has 0 aliphatic heterocycles. The number of rotatable bonds is 9. The van der Waals surface area contributed by atoms with Gasteiger partial charge in [-0.15, -0.1) is 0 Å². The summed E-state index contributed by atoms with van der Waals surface area (Å²) >= 11 is 3.40. The number of halogens is 1. The Morgan fingerprint density at radius 2 is 1.83 bits per heavy atom. The van der Waals surface area contributed by atoms with E-state index < -0.39 is 18.0 Å². The second kappa shape index (κ2) is 11.8. The highest BCUT2D eigenvalue weighted by molar-refractivity contribution is 9.10. The summed E-state index contributed by atoms with van der Waals surface area (Å²) in [5.41, 5.74) is 3.97. The van der Waals surface area contributed by atoms with Crippen molar-refractivity contribution in [1.82, 2.24) is 10.7 Å². The highest BCUT2D eigenvalue weighted by atomic mass is 79.9. The van der Waals surface area contributed by atoms with Gasteiger partial charge >= 0.3 is 6.09 Å². The monoisotopic (exact) mass is 477 g/mol. The van der Waals surface area contributed by atoms with E-state index in [1.54, 1.807) is 26.2 Å². The number of alkyl carbamates (subject to hydrolysis) is 1. The molecule has 0 saturated heterocycles. The molecule has 0 bridgehead atoms. The summed E-state index contributed by atoms with van der Waals surface area (Å²) in [6.07, 6.45) is 1.07. The van der Waals surface area contributed by atoms with Gasteiger partial charge in [-0.3, -0.25) is 4.79 Å². The average Bonchev–Trinajstić information content (AvgIpc) is 2.74. The molecule has 30 heavy (non-hydrogen) atoms. The van der Waals surface area contributed by atoms with Crippen LogP contribution in [0.4, 0.5) is 4.79 Å². The van der Waals surface area contributed by atoms with Gasteiger partial charge in [-0.05, 0) is 34.5 Å². The molecule has 2 amide bonds. The summed E-state index contributed by atoms with van der Waals surface area (Å²) in [6.45, 7) is 1.90. The maximum absolute atomic E-state index is 12.6. The first-order valence-corrected chi connectivity index (χ1v) is 9.99. The number of hydrogen-bond donors (Lipinski definition) is 2. The maximum Gasteiger partial charge on any atom is 0.407 e. The quantitative estimate of drug-likeness (QED) is 0.426. The van der Waals surface area contributed by atoms with E-state index in [9.17, 15) is 9.59 Å². The average molecular weight is 478 g/mol. The third kappa shape index (κ3) is 6.77. The van der Waals surface area contributed by atoms with Crippen LogP contribution < -0.4 is 20.2 Å². The SMILES string of the molecule is CCOC(=O)N[C@@H](Cc1ccccc1)C(=O)N/N=C\c1cc(Br)c(OC)cc1OC. The first kappa shape index (κ1) is 23.2. The Hall–Kier alpha value is -3.07. The Balaban J connectivity index is 2.12. The Morgan fingerprint density at radius 1 is 1.13 bits per heavy atom. The second-order valence-electron chi connectivity index (χ2n) is 6.07. The van der Waals surface area contributed by atoms with Crippen molar-refractivity contribution in [3.63, 3.8) is 0 Å². The second-order valence-corrected chi connectivity index (χ2v) is 6.92. The van der Waals surface area contributed by atoms with E-state index in [4.69, 9.17) is 14.2 Å². The van der Waals surface area contributed by atoms with Crippen molar-refractivity contribution in [3.05, 3.63) is 58.1 Å². The fourth-order valence-corrected chi connectivity index (χ4v) is 3.12. The lowest BCUT2D eigenvalue weighted by Crippen LogP contribution is -2.47. The molecule has 2 aromatic carbocycles. The predicted octanol–water partition coefficient (Wildman–Crippen LogP) is 3.27. The predicted molar refractivity (Wildman–Crippen MR) is 117 cm³/mol. The van der Waals surface area contributed by atoms with Crippen LogP contribution in [0, 0.1) is 0 Å². The lowest BCUT2D eigenvalue weighted by Gasteiger charge is -2.17. The molecule has 0 aliphatic carbocycles. The van der Waals surface area contributed by atoms with Crippen molar-refractivity contribution >= 4 is 34.1 Å². The number of amides is 2. The van der Waals surface area contributed by atoms with Crippen LogP contribution in [0.3, 0.4) is 0 Å². The van der Waals surface area contributed by atoms with Gasteiger partial charge in [-0.2, -0.15) is 5.10 Å². The molecule has 1 atom stereocenters. The zero-order valence-corrected chi connectivity index (χ0v) is 18.6. The van der Waals surface area contributed by atoms with Gasteiger partial charge < -0.3 is 19.5 Å². The summed E-state index contributed by atoms with van der Waals surface area (Å²) in [5, 5.41) is 6.57. The Labute approximate surface area is 183 Å². The first-order valence-electron chi connectivity index (χ1n) is 9.20. The van der Waals surface area contributed by atoms with Crippen LogP contribution in [0.15, 0.2) is 52.0 Å². The minimum Gasteiger partial charge on any atom is -0.496 e. The molecule has 9 heteroatoms. The largest absolute Gasteiger partial charge is 0.496 e. The van der Waals surface area contributed by atoms with Gasteiger partial charge in [-0.1, -0.05) is 30.3 Å². The third-order valence-corrected chi connectivity index (χ3v) is 4.67. The van der Waals surface area contributed by atoms with Crippen LogP contribution in [0.1, 0.15) is 18.1 Å². The number of benzene rings is 2. The number of carbonyl (C=O) groups excluding carboxylic acids is 2. The lowest BCUT2D eigenvalue weighted by atomic mass is 10.1. The smallest absolute Gasteiger partial charge is 0.407 e. The van der Waals surface area contributed by atoms with E-state index in [1.807, 2.05) is 30.3 Å². The molecular formula is C21H24BrN3O5. The van der Waals surface area contributed by atoms with E-state index in [0.29, 0.717) is 28.0 Å². The van der Waals surface area contributed by atoms with Crippen molar-refractivity contribution < 1.29 is 23.8 Å². The number of nitrogens with one attached hydrogen (secondary N) is 2. The highest BCUT2D eigenvalue weighted by Gasteiger charge is 2.21. The summed E-state index contributed by atoms with van der Waals surface area (Å²) in [7, 11) is 3.08. The van der Waals surface area contributed by atoms with Crippen LogP contribution in [0.25, 0.3) is 0 Å². The number of hydrazone groups is 1. The topological polar surface area (TPSA) is 98.2 Å². The van der Waals surface area contributed by atoms with Crippen LogP contribution in [-0.4, -0.2) is 45.1 Å². The van der Waals surface area contributed by atoms with Crippen molar-refractivity contribution in [2.45, 2.75) is 19.4 Å². The van der Waals surface area contributed by atoms with E-state index >= 15 is 0 Å². The van der Waals surface area contributed by atoms with Gasteiger partial charge in [-0.25, -0.2) is 10.2 Å². The molecule has 0 aliphatic rings. The molecule has 2 rings (SSSR count). The Morgan fingerprint density at radius 3 is 2.47 bits per heavy atom. The van der Waals surface area contributed by atoms with Crippen molar-refractivity contribution in [1.29, 1.82) is 0 Å². The number of carbonyl (C=O) groups is 2. The molecule has 0 spiro atoms. The summed E-state index contributed by atoms with van der Waals surface area (Å²) in [6, 6.07) is 11.9. The molecule has 0 fully saturated rings. The van der Waals surface area contributed by atoms with Gasteiger partial charge in [0.25, 0.3) is 5.91 Å². The molecule has 8 nitrogen and oxygen atoms in total. The van der Waals surface area contributed by atoms with Crippen molar-refractivity contribution in [3.8, 4) is 11.5 Å². The van der Waals surface area contributed by atoms with Gasteiger partial charge in [0.1, 0.15) is 17.5 Å². The third-order valence-electron chi connectivity index (χ3n) is 4.05. The first-order chi connectivity index (χ1) is 14.5. The normalized spacial score (nSPS) is 11.6. The molecule has 0 radical (unpaired) electrons. The molecule has 0 heterocycles. The van der Waals surface area contributed by atoms with Crippen molar-refractivity contribution in [2.75, 3.05) is 20.8 Å². The van der Waals surface area contributed by atoms with Crippen LogP contribution in [0.5, 0.6) is 11.5 Å². The maximum atomic E-state index is 12.6. The fourth-order valence-electron chi connectivity index (χ4n) is 2.60. The number of methoxy groups -OCH3 is 2. The molecule has 2 N–H and O–H groups in total. The Kier molecular flexibility index (Phi) is 9.14. The standard InChI is InChI=1S/C21H24BrN3O5/c1-4-30-21(27)24-17(10-14-8-6-5-7-9-14)20(26)25-23-13-15-11-16(22)19(29-3)12-18(15)28-2/h5-9,11-13,17H,4,10H2,1-3H3,(H,24,27)(H,25,26)/b23-13-/t17-/m0/s1. The summed E-state index contributed by atoms with van der Waals surface area (Å²) < 4.78 is 16.2. The number of nitrogens with zero attached hydrogens (tertiary/aromatic N) is 1. The van der Waals surface area contributed by atoms with Crippen LogP contribution in [0.2, 0.25) is 0 Å². The van der Waals surface area contributed by atoms with Gasteiger partial charge in [0.2, 0.25) is 0 Å². The number of ether oxygens (including phenoxy) is 3. The zero-order chi connectivity index (χ0) is 21.9. The fraction of sp³-hybridized carbons (Fsp3) is 0.286. The summed E-state index contributed by atoms with van der Waals surface area (Å²) in [5.74, 6) is 0.655. The van der Waals surface area contributed by atoms with Crippen molar-refractivity contribution in [2.24, 2.45) is 5.10 Å². The van der Waals surface area contributed by atoms with Gasteiger partial charge in [0.15, 0.2) is 0 Å². The molecule has 0 unspecified atom stereocenters. The Bertz CT molecular complexity index is 890. The lowest BCUT2D eigenvalue weighted by molar-refractivity contribution is -0.123. The van der Waals surface area contributed by atoms with Gasteiger partial charge in [0.05, 0.1) is 31.5 Å². The molecule has 2 aromatic rings. The molecule has 160 valence electrons.